The largest absolute Gasteiger partial charge is 0.491 e. The zero-order chi connectivity index (χ0) is 20.0. The summed E-state index contributed by atoms with van der Waals surface area (Å²) < 4.78 is 31.7. The Labute approximate surface area is 165 Å². The van der Waals surface area contributed by atoms with Crippen molar-refractivity contribution in [2.45, 2.75) is 24.8 Å². The van der Waals surface area contributed by atoms with Gasteiger partial charge in [0.1, 0.15) is 12.4 Å². The summed E-state index contributed by atoms with van der Waals surface area (Å²) >= 11 is 5.78. The van der Waals surface area contributed by atoms with Crippen molar-refractivity contribution in [3.63, 3.8) is 0 Å². The first-order valence-corrected chi connectivity index (χ1v) is 10.2. The number of hydrogen-bond donors (Lipinski definition) is 1. The topological polar surface area (TPSA) is 75.7 Å². The molecule has 27 heavy (non-hydrogen) atoms. The van der Waals surface area contributed by atoms with Crippen LogP contribution in [0.5, 0.6) is 5.75 Å². The number of aryl methyl sites for hydroxylation is 1. The average molecular weight is 411 g/mol. The van der Waals surface area contributed by atoms with Crippen LogP contribution in [-0.2, 0) is 14.8 Å². The highest BCUT2D eigenvalue weighted by atomic mass is 35.5. The normalized spacial score (nSPS) is 12.6. The Kier molecular flexibility index (Phi) is 7.24. The third-order valence-corrected chi connectivity index (χ3v) is 5.95. The smallest absolute Gasteiger partial charge is 0.243 e. The third-order valence-electron chi connectivity index (χ3n) is 3.88. The number of nitrogens with zero attached hydrogens (tertiary/aromatic N) is 1. The molecule has 2 rings (SSSR count). The molecule has 6 nitrogen and oxygen atoms in total. The van der Waals surface area contributed by atoms with Crippen molar-refractivity contribution in [2.24, 2.45) is 0 Å². The van der Waals surface area contributed by atoms with Crippen molar-refractivity contribution < 1.29 is 17.9 Å². The highest BCUT2D eigenvalue weighted by Crippen LogP contribution is 2.18. The first-order valence-electron chi connectivity index (χ1n) is 8.40. The molecule has 0 spiro atoms. The minimum Gasteiger partial charge on any atom is -0.491 e. The molecule has 0 saturated heterocycles. The summed E-state index contributed by atoms with van der Waals surface area (Å²) in [5.74, 6) is 0.344. The minimum absolute atomic E-state index is 0.0816. The fraction of sp³-hybridized carbons (Fsp3) is 0.316. The van der Waals surface area contributed by atoms with Crippen molar-refractivity contribution in [3.05, 3.63) is 59.1 Å². The van der Waals surface area contributed by atoms with Crippen LogP contribution in [0.25, 0.3) is 0 Å². The van der Waals surface area contributed by atoms with Crippen LogP contribution in [-0.4, -0.2) is 44.9 Å². The molecule has 0 aliphatic carbocycles. The lowest BCUT2D eigenvalue weighted by Gasteiger charge is -2.20. The molecular formula is C19H23ClN2O4S. The van der Waals surface area contributed by atoms with E-state index in [0.29, 0.717) is 5.02 Å². The predicted octanol–water partition coefficient (Wildman–Crippen LogP) is 2.85. The Bertz CT molecular complexity index is 885. The first kappa shape index (κ1) is 21.2. The van der Waals surface area contributed by atoms with Crippen LogP contribution in [0.3, 0.4) is 0 Å². The van der Waals surface area contributed by atoms with Gasteiger partial charge in [-0.2, -0.15) is 4.31 Å². The molecule has 2 aromatic carbocycles. The summed E-state index contributed by atoms with van der Waals surface area (Å²) in [6.07, 6.45) is 0. The number of para-hydroxylation sites is 1. The van der Waals surface area contributed by atoms with E-state index >= 15 is 0 Å². The molecule has 0 saturated carbocycles. The van der Waals surface area contributed by atoms with Crippen LogP contribution in [0.2, 0.25) is 5.02 Å². The number of halogens is 1. The Hall–Kier alpha value is -2.09. The summed E-state index contributed by atoms with van der Waals surface area (Å²) in [6, 6.07) is 13.1. The van der Waals surface area contributed by atoms with Gasteiger partial charge in [0.05, 0.1) is 17.5 Å². The summed E-state index contributed by atoms with van der Waals surface area (Å²) in [5.41, 5.74) is 1.00. The number of benzene rings is 2. The summed E-state index contributed by atoms with van der Waals surface area (Å²) in [7, 11) is -2.41. The number of ether oxygens (including phenoxy) is 1. The second-order valence-electron chi connectivity index (χ2n) is 6.26. The van der Waals surface area contributed by atoms with Crippen molar-refractivity contribution in [1.82, 2.24) is 9.62 Å². The van der Waals surface area contributed by atoms with Gasteiger partial charge in [-0.05, 0) is 49.7 Å². The molecule has 2 aromatic rings. The van der Waals surface area contributed by atoms with Crippen LogP contribution in [0.15, 0.2) is 53.4 Å². The molecule has 0 aliphatic heterocycles. The van der Waals surface area contributed by atoms with Gasteiger partial charge in [0.15, 0.2) is 0 Å². The van der Waals surface area contributed by atoms with Crippen LogP contribution in [0.4, 0.5) is 0 Å². The average Bonchev–Trinajstić information content (AvgIpc) is 2.61. The number of nitrogens with one attached hydrogen (secondary N) is 1. The molecule has 0 radical (unpaired) electrons. The molecular weight excluding hydrogens is 388 g/mol. The monoisotopic (exact) mass is 410 g/mol. The molecule has 1 unspecified atom stereocenters. The zero-order valence-electron chi connectivity index (χ0n) is 15.5. The van der Waals surface area contributed by atoms with E-state index in [1.54, 1.807) is 6.92 Å². The van der Waals surface area contributed by atoms with Gasteiger partial charge in [0, 0.05) is 12.1 Å². The molecule has 0 fully saturated rings. The van der Waals surface area contributed by atoms with Gasteiger partial charge in [-0.1, -0.05) is 29.8 Å². The van der Waals surface area contributed by atoms with Crippen molar-refractivity contribution >= 4 is 27.5 Å². The molecule has 146 valence electrons. The number of hydrogen-bond acceptors (Lipinski definition) is 4. The summed E-state index contributed by atoms with van der Waals surface area (Å²) in [5, 5.41) is 3.18. The molecule has 1 amide bonds. The second-order valence-corrected chi connectivity index (χ2v) is 8.74. The number of carbonyl (C=O) groups is 1. The molecule has 0 aromatic heterocycles. The van der Waals surface area contributed by atoms with Crippen LogP contribution in [0, 0.1) is 6.92 Å². The van der Waals surface area contributed by atoms with E-state index in [-0.39, 0.29) is 24.1 Å². The third kappa shape index (κ3) is 5.95. The van der Waals surface area contributed by atoms with Gasteiger partial charge in [0.2, 0.25) is 15.9 Å². The number of likely N-dealkylation sites (N-methyl/N-ethyl adjacent to an activating group) is 1. The standard InChI is InChI=1S/C19H23ClN2O4S/c1-14-6-4-5-7-18(14)26-13-15(2)21-19(23)12-22(3)27(24,25)17-10-8-16(20)9-11-17/h4-11,15H,12-13H2,1-3H3,(H,21,23). The zero-order valence-corrected chi connectivity index (χ0v) is 17.0. The molecule has 0 aliphatic rings. The van der Waals surface area contributed by atoms with E-state index in [1.165, 1.54) is 31.3 Å². The van der Waals surface area contributed by atoms with Gasteiger partial charge < -0.3 is 10.1 Å². The fourth-order valence-electron chi connectivity index (χ4n) is 2.37. The van der Waals surface area contributed by atoms with Crippen molar-refractivity contribution in [2.75, 3.05) is 20.2 Å². The SMILES string of the molecule is Cc1ccccc1OCC(C)NC(=O)CN(C)S(=O)(=O)c1ccc(Cl)cc1. The van der Waals surface area contributed by atoms with E-state index in [4.69, 9.17) is 16.3 Å². The molecule has 1 atom stereocenters. The lowest BCUT2D eigenvalue weighted by molar-refractivity contribution is -0.121. The maximum Gasteiger partial charge on any atom is 0.243 e. The number of rotatable bonds is 8. The van der Waals surface area contributed by atoms with Crippen molar-refractivity contribution in [1.29, 1.82) is 0 Å². The highest BCUT2D eigenvalue weighted by molar-refractivity contribution is 7.89. The Balaban J connectivity index is 1.88. The van der Waals surface area contributed by atoms with Gasteiger partial charge in [-0.3, -0.25) is 4.79 Å². The lowest BCUT2D eigenvalue weighted by Crippen LogP contribution is -2.43. The van der Waals surface area contributed by atoms with Gasteiger partial charge in [-0.25, -0.2) is 8.42 Å². The van der Waals surface area contributed by atoms with Crippen LogP contribution < -0.4 is 10.1 Å². The summed E-state index contributed by atoms with van der Waals surface area (Å²) in [6.45, 7) is 3.73. The highest BCUT2D eigenvalue weighted by Gasteiger charge is 2.23. The van der Waals surface area contributed by atoms with E-state index in [0.717, 1.165) is 15.6 Å². The maximum atomic E-state index is 12.5. The van der Waals surface area contributed by atoms with E-state index in [2.05, 4.69) is 5.32 Å². The molecule has 8 heteroatoms. The maximum absolute atomic E-state index is 12.5. The van der Waals surface area contributed by atoms with Crippen LogP contribution in [0.1, 0.15) is 12.5 Å². The van der Waals surface area contributed by atoms with E-state index < -0.39 is 15.9 Å². The minimum atomic E-state index is -3.76. The predicted molar refractivity (Wildman–Crippen MR) is 106 cm³/mol. The molecule has 1 N–H and O–H groups in total. The quantitative estimate of drug-likeness (QED) is 0.726. The molecule has 0 heterocycles. The van der Waals surface area contributed by atoms with Gasteiger partial charge >= 0.3 is 0 Å². The van der Waals surface area contributed by atoms with Gasteiger partial charge in [-0.15, -0.1) is 0 Å². The summed E-state index contributed by atoms with van der Waals surface area (Å²) in [4.78, 5) is 12.3. The van der Waals surface area contributed by atoms with Crippen LogP contribution >= 0.6 is 11.6 Å². The first-order chi connectivity index (χ1) is 12.7. The Morgan fingerprint density at radius 3 is 2.44 bits per heavy atom. The lowest BCUT2D eigenvalue weighted by atomic mass is 10.2. The number of carbonyl (C=O) groups excluding carboxylic acids is 1. The fourth-order valence-corrected chi connectivity index (χ4v) is 3.62. The van der Waals surface area contributed by atoms with E-state index in [1.807, 2.05) is 31.2 Å². The van der Waals surface area contributed by atoms with E-state index in [9.17, 15) is 13.2 Å². The Morgan fingerprint density at radius 2 is 1.81 bits per heavy atom. The Morgan fingerprint density at radius 1 is 1.19 bits per heavy atom. The van der Waals surface area contributed by atoms with Crippen molar-refractivity contribution in [3.8, 4) is 5.75 Å². The van der Waals surface area contributed by atoms with Gasteiger partial charge in [0.25, 0.3) is 0 Å². The number of amides is 1. The molecule has 0 bridgehead atoms. The number of sulfonamides is 1. The second kappa shape index (κ2) is 9.21.